The highest BCUT2D eigenvalue weighted by molar-refractivity contribution is 9.11. The summed E-state index contributed by atoms with van der Waals surface area (Å²) in [5, 5.41) is 0. The molecule has 0 unspecified atom stereocenters. The topological polar surface area (TPSA) is 38.9 Å². The van der Waals surface area contributed by atoms with Crippen molar-refractivity contribution in [3.8, 4) is 0 Å². The molecule has 1 aromatic rings. The second-order valence-electron chi connectivity index (χ2n) is 1.80. The summed E-state index contributed by atoms with van der Waals surface area (Å²) < 4.78 is 0. The van der Waals surface area contributed by atoms with E-state index in [1.54, 1.807) is 23.4 Å². The van der Waals surface area contributed by atoms with Crippen molar-refractivity contribution >= 4 is 27.7 Å². The molecule has 0 aliphatic carbocycles. The molecule has 0 fully saturated rings. The summed E-state index contributed by atoms with van der Waals surface area (Å²) >= 11 is 3.16. The molecule has 3 heteroatoms. The molecule has 0 aromatic carbocycles. The molecule has 0 radical (unpaired) electrons. The first kappa shape index (κ1) is 7.28. The molecule has 2 N–H and O–H groups in total. The summed E-state index contributed by atoms with van der Waals surface area (Å²) in [6, 6.07) is 1.77. The van der Waals surface area contributed by atoms with Crippen molar-refractivity contribution in [3.63, 3.8) is 0 Å². The molecule has 0 saturated carbocycles. The molecule has 0 aliphatic heterocycles. The molecule has 0 spiro atoms. The lowest BCUT2D eigenvalue weighted by molar-refractivity contribution is 1.32. The van der Waals surface area contributed by atoms with Gasteiger partial charge in [0.15, 0.2) is 0 Å². The zero-order chi connectivity index (χ0) is 7.40. The minimum Gasteiger partial charge on any atom is -0.398 e. The minimum atomic E-state index is 0.741. The first-order valence-corrected chi connectivity index (χ1v) is 3.72. The van der Waals surface area contributed by atoms with Crippen molar-refractivity contribution in [1.29, 1.82) is 0 Å². The van der Waals surface area contributed by atoms with Gasteiger partial charge in [0.2, 0.25) is 0 Å². The predicted molar refractivity (Wildman–Crippen MR) is 46.6 cm³/mol. The lowest BCUT2D eigenvalue weighted by atomic mass is 10.2. The number of aromatic nitrogens is 1. The Labute approximate surface area is 67.9 Å². The highest BCUT2D eigenvalue weighted by Gasteiger charge is 1.90. The third kappa shape index (κ3) is 1.57. The number of nitrogens with two attached hydrogens (primary N) is 1. The van der Waals surface area contributed by atoms with Crippen molar-refractivity contribution in [2.75, 3.05) is 5.73 Å². The Bertz CT molecular complexity index is 245. The third-order valence-electron chi connectivity index (χ3n) is 1.13. The number of hydrogen-bond donors (Lipinski definition) is 1. The fraction of sp³-hybridized carbons (Fsp3) is 0. The zero-order valence-corrected chi connectivity index (χ0v) is 6.88. The van der Waals surface area contributed by atoms with Gasteiger partial charge in [-0.15, -0.1) is 0 Å². The van der Waals surface area contributed by atoms with E-state index in [1.807, 2.05) is 6.08 Å². The van der Waals surface area contributed by atoms with E-state index in [1.165, 1.54) is 0 Å². The summed E-state index contributed by atoms with van der Waals surface area (Å²) in [5.41, 5.74) is 7.27. The molecule has 1 rings (SSSR count). The largest absolute Gasteiger partial charge is 0.398 e. The van der Waals surface area contributed by atoms with Crippen molar-refractivity contribution in [3.05, 3.63) is 29.0 Å². The van der Waals surface area contributed by atoms with E-state index in [0.29, 0.717) is 0 Å². The van der Waals surface area contributed by atoms with Crippen LogP contribution in [0.1, 0.15) is 5.56 Å². The third-order valence-corrected chi connectivity index (χ3v) is 1.39. The zero-order valence-electron chi connectivity index (χ0n) is 5.29. The number of nitrogens with zero attached hydrogens (tertiary/aromatic N) is 1. The van der Waals surface area contributed by atoms with E-state index < -0.39 is 0 Å². The number of halogens is 1. The summed E-state index contributed by atoms with van der Waals surface area (Å²) in [5.74, 6) is 0. The second kappa shape index (κ2) is 3.37. The van der Waals surface area contributed by atoms with Gasteiger partial charge in [0.25, 0.3) is 0 Å². The van der Waals surface area contributed by atoms with Crippen LogP contribution in [0.2, 0.25) is 0 Å². The van der Waals surface area contributed by atoms with Crippen LogP contribution < -0.4 is 5.73 Å². The Kier molecular flexibility index (Phi) is 2.45. The Balaban J connectivity index is 3.03. The van der Waals surface area contributed by atoms with E-state index in [-0.39, 0.29) is 0 Å². The Morgan fingerprint density at radius 2 is 2.40 bits per heavy atom. The van der Waals surface area contributed by atoms with Gasteiger partial charge in [-0.1, -0.05) is 15.9 Å². The van der Waals surface area contributed by atoms with Crippen LogP contribution in [0.5, 0.6) is 0 Å². The number of nitrogen functional groups attached to an aromatic ring is 1. The van der Waals surface area contributed by atoms with Gasteiger partial charge in [0.1, 0.15) is 0 Å². The van der Waals surface area contributed by atoms with E-state index in [2.05, 4.69) is 20.9 Å². The maximum atomic E-state index is 5.59. The van der Waals surface area contributed by atoms with Gasteiger partial charge >= 0.3 is 0 Å². The molecular formula is C7H7BrN2. The van der Waals surface area contributed by atoms with Gasteiger partial charge in [0, 0.05) is 23.6 Å². The highest BCUT2D eigenvalue weighted by Crippen LogP contribution is 2.10. The Morgan fingerprint density at radius 1 is 1.60 bits per heavy atom. The molecule has 10 heavy (non-hydrogen) atoms. The van der Waals surface area contributed by atoms with Crippen LogP contribution in [0.25, 0.3) is 6.08 Å². The molecule has 0 aliphatic rings. The van der Waals surface area contributed by atoms with Gasteiger partial charge in [-0.05, 0) is 17.1 Å². The van der Waals surface area contributed by atoms with Crippen LogP contribution in [0.4, 0.5) is 5.69 Å². The number of rotatable bonds is 1. The van der Waals surface area contributed by atoms with E-state index in [9.17, 15) is 0 Å². The lowest BCUT2D eigenvalue weighted by Crippen LogP contribution is -1.88. The lowest BCUT2D eigenvalue weighted by Gasteiger charge is -1.95. The molecule has 52 valence electrons. The van der Waals surface area contributed by atoms with Crippen LogP contribution in [-0.2, 0) is 0 Å². The number of pyridine rings is 1. The van der Waals surface area contributed by atoms with Crippen LogP contribution in [0.15, 0.2) is 23.4 Å². The van der Waals surface area contributed by atoms with Crippen molar-refractivity contribution in [2.24, 2.45) is 0 Å². The maximum Gasteiger partial charge on any atom is 0.0418 e. The van der Waals surface area contributed by atoms with Crippen LogP contribution in [0, 0.1) is 0 Å². The Hall–Kier alpha value is -0.830. The van der Waals surface area contributed by atoms with Crippen LogP contribution >= 0.6 is 15.9 Å². The van der Waals surface area contributed by atoms with Gasteiger partial charge in [-0.25, -0.2) is 0 Å². The minimum absolute atomic E-state index is 0.741. The quantitative estimate of drug-likeness (QED) is 0.751. The number of anilines is 1. The summed E-state index contributed by atoms with van der Waals surface area (Å²) in [6.07, 6.45) is 5.23. The highest BCUT2D eigenvalue weighted by atomic mass is 79.9. The maximum absolute atomic E-state index is 5.59. The van der Waals surface area contributed by atoms with Crippen molar-refractivity contribution < 1.29 is 0 Å². The van der Waals surface area contributed by atoms with Crippen molar-refractivity contribution in [1.82, 2.24) is 4.98 Å². The Morgan fingerprint density at radius 3 is 3.00 bits per heavy atom. The van der Waals surface area contributed by atoms with Gasteiger partial charge in [-0.2, -0.15) is 0 Å². The predicted octanol–water partition coefficient (Wildman–Crippen LogP) is 2.03. The molecule has 0 amide bonds. The normalized spacial score (nSPS) is 10.5. The SMILES string of the molecule is Nc1ccncc1/C=C/Br. The van der Waals surface area contributed by atoms with Crippen LogP contribution in [-0.4, -0.2) is 4.98 Å². The average molecular weight is 199 g/mol. The summed E-state index contributed by atoms with van der Waals surface area (Å²) in [6.45, 7) is 0. The fourth-order valence-electron chi connectivity index (χ4n) is 0.625. The molecule has 2 nitrogen and oxygen atoms in total. The monoisotopic (exact) mass is 198 g/mol. The first-order valence-electron chi connectivity index (χ1n) is 2.81. The van der Waals surface area contributed by atoms with E-state index in [0.717, 1.165) is 11.3 Å². The van der Waals surface area contributed by atoms with Gasteiger partial charge in [0.05, 0.1) is 0 Å². The molecule has 1 aromatic heterocycles. The standard InChI is InChI=1S/C7H7BrN2/c8-3-1-6-5-10-4-2-7(6)9/h1-5H,(H2,9,10)/b3-1+. The van der Waals surface area contributed by atoms with Gasteiger partial charge < -0.3 is 5.73 Å². The molecule has 0 atom stereocenters. The molecule has 1 heterocycles. The molecular weight excluding hydrogens is 192 g/mol. The number of hydrogen-bond acceptors (Lipinski definition) is 2. The van der Waals surface area contributed by atoms with Crippen LogP contribution in [0.3, 0.4) is 0 Å². The first-order chi connectivity index (χ1) is 4.84. The van der Waals surface area contributed by atoms with Crippen molar-refractivity contribution in [2.45, 2.75) is 0 Å². The fourth-order valence-corrected chi connectivity index (χ4v) is 0.909. The average Bonchev–Trinajstić information content (AvgIpc) is 1.94. The van der Waals surface area contributed by atoms with Gasteiger partial charge in [-0.3, -0.25) is 4.98 Å². The second-order valence-corrected chi connectivity index (χ2v) is 2.33. The van der Waals surface area contributed by atoms with E-state index >= 15 is 0 Å². The molecule has 0 saturated heterocycles. The smallest absolute Gasteiger partial charge is 0.0418 e. The summed E-state index contributed by atoms with van der Waals surface area (Å²) in [4.78, 5) is 5.66. The molecule has 0 bridgehead atoms. The summed E-state index contributed by atoms with van der Waals surface area (Å²) in [7, 11) is 0. The van der Waals surface area contributed by atoms with E-state index in [4.69, 9.17) is 5.73 Å².